The summed E-state index contributed by atoms with van der Waals surface area (Å²) in [6.07, 6.45) is -12.1. The first-order valence-electron chi connectivity index (χ1n) is 8.34. The number of hydrogen-bond acceptors (Lipinski definition) is 12. The molecule has 172 valence electrons. The first-order chi connectivity index (χ1) is 13.8. The molecule has 0 radical (unpaired) electrons. The van der Waals surface area contributed by atoms with Gasteiger partial charge in [0.15, 0.2) is 6.29 Å². The second-order valence-electron chi connectivity index (χ2n) is 6.37. The van der Waals surface area contributed by atoms with Crippen LogP contribution in [-0.4, -0.2) is 106 Å². The van der Waals surface area contributed by atoms with E-state index in [2.05, 4.69) is 9.50 Å². The zero-order valence-electron chi connectivity index (χ0n) is 15.3. The normalized spacial score (nSPS) is 37.1. The molecule has 1 fully saturated rings. The summed E-state index contributed by atoms with van der Waals surface area (Å²) in [6.45, 7) is 0.0857. The average molecular weight is 459 g/mol. The number of nitrogens with one attached hydrogen (secondary N) is 1. The molecule has 0 aliphatic carbocycles. The second kappa shape index (κ2) is 9.50. The summed E-state index contributed by atoms with van der Waals surface area (Å²) in [4.78, 5) is 22.6. The third kappa shape index (κ3) is 5.84. The largest absolute Gasteiger partial charge is 0.475 e. The van der Waals surface area contributed by atoms with Crippen molar-refractivity contribution in [2.45, 2.75) is 56.1 Å². The van der Waals surface area contributed by atoms with Gasteiger partial charge in [0.05, 0.1) is 6.61 Å². The molecule has 2 aliphatic heterocycles. The molecule has 1 amide bonds. The van der Waals surface area contributed by atoms with E-state index < -0.39 is 83.8 Å². The number of aliphatic hydroxyl groups is 4. The predicted molar refractivity (Wildman–Crippen MR) is 89.5 cm³/mol. The number of aliphatic carboxylic acids is 1. The quantitative estimate of drug-likeness (QED) is 0.179. The van der Waals surface area contributed by atoms with Crippen molar-refractivity contribution in [1.29, 1.82) is 0 Å². The Kier molecular flexibility index (Phi) is 7.72. The molecular formula is C14H21NO14S. The minimum absolute atomic E-state index is 0.680. The van der Waals surface area contributed by atoms with Crippen molar-refractivity contribution >= 4 is 22.3 Å². The molecule has 0 aromatic heterocycles. The van der Waals surface area contributed by atoms with Crippen molar-refractivity contribution < 1.29 is 66.5 Å². The smallest absolute Gasteiger partial charge is 0.397 e. The summed E-state index contributed by atoms with van der Waals surface area (Å²) in [5, 5.41) is 50.7. The number of aliphatic hydroxyl groups excluding tert-OH is 4. The van der Waals surface area contributed by atoms with Crippen LogP contribution in [0.15, 0.2) is 11.8 Å². The maximum Gasteiger partial charge on any atom is 0.397 e. The van der Waals surface area contributed by atoms with E-state index in [1.54, 1.807) is 0 Å². The zero-order chi connectivity index (χ0) is 22.8. The van der Waals surface area contributed by atoms with Crippen LogP contribution in [0, 0.1) is 0 Å². The van der Waals surface area contributed by atoms with Crippen molar-refractivity contribution in [2.75, 3.05) is 6.61 Å². The zero-order valence-corrected chi connectivity index (χ0v) is 16.1. The summed E-state index contributed by atoms with van der Waals surface area (Å²) >= 11 is 0. The van der Waals surface area contributed by atoms with Gasteiger partial charge in [0.25, 0.3) is 0 Å². The third-order valence-corrected chi connectivity index (χ3v) is 4.61. The van der Waals surface area contributed by atoms with Gasteiger partial charge in [-0.15, -0.1) is 0 Å². The Bertz CT molecular complexity index is 784. The third-order valence-electron chi connectivity index (χ3n) is 4.14. The Balaban J connectivity index is 2.41. The van der Waals surface area contributed by atoms with E-state index in [1.807, 2.05) is 0 Å². The summed E-state index contributed by atoms with van der Waals surface area (Å²) in [5.41, 5.74) is 0. The number of carboxylic acids is 1. The van der Waals surface area contributed by atoms with Crippen LogP contribution in [0.4, 0.5) is 0 Å². The van der Waals surface area contributed by atoms with Crippen LogP contribution in [0.1, 0.15) is 6.92 Å². The molecule has 7 N–H and O–H groups in total. The first-order valence-corrected chi connectivity index (χ1v) is 9.71. The van der Waals surface area contributed by atoms with Gasteiger partial charge in [-0.2, -0.15) is 8.42 Å². The highest BCUT2D eigenvalue weighted by Crippen LogP contribution is 2.30. The van der Waals surface area contributed by atoms with E-state index in [4.69, 9.17) is 23.9 Å². The van der Waals surface area contributed by atoms with E-state index >= 15 is 0 Å². The van der Waals surface area contributed by atoms with E-state index in [-0.39, 0.29) is 0 Å². The van der Waals surface area contributed by atoms with E-state index in [1.165, 1.54) is 0 Å². The summed E-state index contributed by atoms with van der Waals surface area (Å²) in [7, 11) is -5.18. The van der Waals surface area contributed by atoms with Gasteiger partial charge in [-0.3, -0.25) is 9.35 Å². The minimum Gasteiger partial charge on any atom is -0.475 e. The maximum atomic E-state index is 11.5. The van der Waals surface area contributed by atoms with Gasteiger partial charge in [-0.1, -0.05) is 0 Å². The highest BCUT2D eigenvalue weighted by molar-refractivity contribution is 7.80. The molecule has 0 bridgehead atoms. The van der Waals surface area contributed by atoms with Gasteiger partial charge < -0.3 is 45.1 Å². The molecule has 0 saturated carbocycles. The maximum absolute atomic E-state index is 11.5. The lowest BCUT2D eigenvalue weighted by molar-refractivity contribution is -0.298. The number of carbonyl (C=O) groups is 2. The van der Waals surface area contributed by atoms with Gasteiger partial charge in [-0.05, 0) is 6.08 Å². The predicted octanol–water partition coefficient (Wildman–Crippen LogP) is -4.18. The summed E-state index contributed by atoms with van der Waals surface area (Å²) < 4.78 is 51.3. The number of hydrogen-bond donors (Lipinski definition) is 7. The second-order valence-corrected chi connectivity index (χ2v) is 7.41. The fraction of sp³-hybridized carbons (Fsp3) is 0.714. The number of carboxylic acid groups (broad SMARTS) is 1. The number of carbonyl (C=O) groups excluding carboxylic acids is 1. The minimum atomic E-state index is -5.18. The van der Waals surface area contributed by atoms with Crippen molar-refractivity contribution in [3.63, 3.8) is 0 Å². The SMILES string of the molecule is CC(=O)N[C@@H]1[C@@H](O[C@H]2OC(C(=O)O)=C[C@H](O)[C@H]2O)[C@@H](OS(=O)(=O)O)[C@@H](CO)O[C@@H]1O. The van der Waals surface area contributed by atoms with Crippen molar-refractivity contribution in [2.24, 2.45) is 0 Å². The lowest BCUT2D eigenvalue weighted by Crippen LogP contribution is -2.67. The van der Waals surface area contributed by atoms with Crippen LogP contribution in [0.3, 0.4) is 0 Å². The van der Waals surface area contributed by atoms with E-state index in [0.717, 1.165) is 6.92 Å². The molecule has 0 spiro atoms. The highest BCUT2D eigenvalue weighted by atomic mass is 32.3. The standard InChI is InChI=1S/C14H21NO14S/c1-4(17)15-8-11(10(29-30(23,24)25)7(3-16)26-13(8)22)28-14-9(19)5(18)2-6(27-14)12(20)21/h2,5,7-11,13-14,16,18-19,22H,3H2,1H3,(H,15,17)(H,20,21)(H,23,24,25)/t5-,7+,8+,9+,10-,11+,13-,14+/m0/s1. The van der Waals surface area contributed by atoms with Crippen molar-refractivity contribution in [3.8, 4) is 0 Å². The molecule has 0 unspecified atom stereocenters. The summed E-state index contributed by atoms with van der Waals surface area (Å²) in [6, 6.07) is -1.59. The Labute approximate surface area is 169 Å². The fourth-order valence-electron chi connectivity index (χ4n) is 2.91. The van der Waals surface area contributed by atoms with E-state index in [9.17, 15) is 38.4 Å². The van der Waals surface area contributed by atoms with Crippen molar-refractivity contribution in [3.05, 3.63) is 11.8 Å². The lowest BCUT2D eigenvalue weighted by atomic mass is 9.96. The van der Waals surface area contributed by atoms with Gasteiger partial charge >= 0.3 is 16.4 Å². The van der Waals surface area contributed by atoms with Gasteiger partial charge in [0.1, 0.15) is 36.6 Å². The Morgan fingerprint density at radius 3 is 2.37 bits per heavy atom. The molecule has 2 heterocycles. The van der Waals surface area contributed by atoms with E-state index in [0.29, 0.717) is 6.08 Å². The van der Waals surface area contributed by atoms with Gasteiger partial charge in [-0.25, -0.2) is 8.98 Å². The van der Waals surface area contributed by atoms with Crippen LogP contribution in [0.5, 0.6) is 0 Å². The Hall–Kier alpha value is -1.89. The molecule has 15 nitrogen and oxygen atoms in total. The van der Waals surface area contributed by atoms with Crippen LogP contribution in [0.25, 0.3) is 0 Å². The molecule has 2 rings (SSSR count). The lowest BCUT2D eigenvalue weighted by Gasteiger charge is -2.45. The molecule has 2 aliphatic rings. The molecule has 16 heteroatoms. The number of rotatable bonds is 7. The monoisotopic (exact) mass is 459 g/mol. The Morgan fingerprint density at radius 2 is 1.87 bits per heavy atom. The van der Waals surface area contributed by atoms with Gasteiger partial charge in [0, 0.05) is 6.92 Å². The highest BCUT2D eigenvalue weighted by Gasteiger charge is 2.51. The van der Waals surface area contributed by atoms with Crippen LogP contribution in [-0.2, 0) is 38.4 Å². The molecular weight excluding hydrogens is 438 g/mol. The molecule has 0 aromatic carbocycles. The number of ether oxygens (including phenoxy) is 3. The summed E-state index contributed by atoms with van der Waals surface area (Å²) in [5.74, 6) is -3.19. The number of amides is 1. The van der Waals surface area contributed by atoms with Crippen LogP contribution >= 0.6 is 0 Å². The average Bonchev–Trinajstić information content (AvgIpc) is 2.61. The van der Waals surface area contributed by atoms with Crippen LogP contribution in [0.2, 0.25) is 0 Å². The molecule has 8 atom stereocenters. The molecule has 0 aromatic rings. The Morgan fingerprint density at radius 1 is 1.23 bits per heavy atom. The van der Waals surface area contributed by atoms with Crippen LogP contribution < -0.4 is 5.32 Å². The topological polar surface area (TPSA) is 239 Å². The first kappa shape index (κ1) is 24.4. The fourth-order valence-corrected chi connectivity index (χ4v) is 3.42. The van der Waals surface area contributed by atoms with Crippen molar-refractivity contribution in [1.82, 2.24) is 5.32 Å². The molecule has 30 heavy (non-hydrogen) atoms. The molecule has 1 saturated heterocycles. The van der Waals surface area contributed by atoms with Gasteiger partial charge in [0.2, 0.25) is 18.0 Å².